The van der Waals surface area contributed by atoms with Crippen molar-refractivity contribution in [1.82, 2.24) is 10.3 Å². The average molecular weight is 351 g/mol. The lowest BCUT2D eigenvalue weighted by Gasteiger charge is -2.03. The Morgan fingerprint density at radius 3 is 2.75 bits per heavy atom. The van der Waals surface area contributed by atoms with Crippen molar-refractivity contribution in [2.45, 2.75) is 12.8 Å². The van der Waals surface area contributed by atoms with Crippen LogP contribution in [0.2, 0.25) is 0 Å². The van der Waals surface area contributed by atoms with Crippen molar-refractivity contribution in [1.29, 1.82) is 0 Å². The number of carbonyl (C=O) groups is 2. The van der Waals surface area contributed by atoms with Crippen molar-refractivity contribution in [2.24, 2.45) is 0 Å². The van der Waals surface area contributed by atoms with Crippen molar-refractivity contribution in [3.05, 3.63) is 46.7 Å². The predicted octanol–water partition coefficient (Wildman–Crippen LogP) is 2.23. The van der Waals surface area contributed by atoms with Crippen LogP contribution in [0.3, 0.4) is 0 Å². The summed E-state index contributed by atoms with van der Waals surface area (Å²) in [5.41, 5.74) is 1.09. The number of ether oxygens (including phenoxy) is 1. The summed E-state index contributed by atoms with van der Waals surface area (Å²) in [6.07, 6.45) is 0.806. The minimum absolute atomic E-state index is 0.0723. The second kappa shape index (κ2) is 9.09. The van der Waals surface area contributed by atoms with E-state index in [1.165, 1.54) is 35.6 Å². The molecule has 0 saturated carbocycles. The van der Waals surface area contributed by atoms with Crippen molar-refractivity contribution in [3.8, 4) is 0 Å². The van der Waals surface area contributed by atoms with Crippen LogP contribution in [0.5, 0.6) is 0 Å². The van der Waals surface area contributed by atoms with E-state index in [1.54, 1.807) is 12.5 Å². The van der Waals surface area contributed by atoms with Crippen LogP contribution < -0.4 is 10.6 Å². The summed E-state index contributed by atoms with van der Waals surface area (Å²) in [6, 6.07) is 5.27. The van der Waals surface area contributed by atoms with Crippen molar-refractivity contribution >= 4 is 28.3 Å². The molecule has 2 aromatic rings. The van der Waals surface area contributed by atoms with E-state index in [0.717, 1.165) is 5.69 Å². The molecule has 2 N–H and O–H groups in total. The van der Waals surface area contributed by atoms with Crippen LogP contribution in [0.25, 0.3) is 0 Å². The summed E-state index contributed by atoms with van der Waals surface area (Å²) >= 11 is 1.28. The van der Waals surface area contributed by atoms with Crippen molar-refractivity contribution < 1.29 is 18.7 Å². The van der Waals surface area contributed by atoms with Gasteiger partial charge in [-0.2, -0.15) is 0 Å². The third-order valence-corrected chi connectivity index (χ3v) is 3.92. The molecular weight excluding hydrogens is 333 g/mol. The van der Waals surface area contributed by atoms with Crippen LogP contribution in [0.4, 0.5) is 9.52 Å². The number of anilines is 1. The van der Waals surface area contributed by atoms with Crippen LogP contribution in [0.15, 0.2) is 29.6 Å². The Morgan fingerprint density at radius 2 is 2.04 bits per heavy atom. The number of methoxy groups -OCH3 is 1. The molecular formula is C16H18FN3O3S. The lowest BCUT2D eigenvalue weighted by atomic mass is 10.2. The first kappa shape index (κ1) is 18.0. The molecule has 1 aromatic heterocycles. The number of amides is 2. The van der Waals surface area contributed by atoms with E-state index in [0.29, 0.717) is 36.7 Å². The molecule has 0 unspecified atom stereocenters. The van der Waals surface area contributed by atoms with E-state index >= 15 is 0 Å². The molecule has 0 aliphatic heterocycles. The standard InChI is InChI=1S/C16H18FN3O3S/c1-23-9-8-18-14(21)7-6-13-10-24-16(19-13)20-15(22)11-2-4-12(17)5-3-11/h2-5,10H,6-9H2,1H3,(H,18,21)(H,19,20,22). The molecule has 2 rings (SSSR count). The van der Waals surface area contributed by atoms with Crippen molar-refractivity contribution in [3.63, 3.8) is 0 Å². The highest BCUT2D eigenvalue weighted by Crippen LogP contribution is 2.17. The first-order chi connectivity index (χ1) is 11.6. The molecule has 0 aliphatic carbocycles. The van der Waals surface area contributed by atoms with Gasteiger partial charge in [-0.1, -0.05) is 0 Å². The van der Waals surface area contributed by atoms with E-state index < -0.39 is 5.82 Å². The third kappa shape index (κ3) is 5.71. The molecule has 0 atom stereocenters. The Balaban J connectivity index is 1.81. The molecule has 2 amide bonds. The maximum atomic E-state index is 12.8. The second-order valence-corrected chi connectivity index (χ2v) is 5.81. The maximum absolute atomic E-state index is 12.8. The SMILES string of the molecule is COCCNC(=O)CCc1csc(NC(=O)c2ccc(F)cc2)n1. The van der Waals surface area contributed by atoms with Gasteiger partial charge in [0.15, 0.2) is 5.13 Å². The van der Waals surface area contributed by atoms with Gasteiger partial charge >= 0.3 is 0 Å². The van der Waals surface area contributed by atoms with Crippen LogP contribution in [0.1, 0.15) is 22.5 Å². The van der Waals surface area contributed by atoms with Crippen LogP contribution >= 0.6 is 11.3 Å². The number of thiazole rings is 1. The van der Waals surface area contributed by atoms with Gasteiger partial charge < -0.3 is 10.1 Å². The van der Waals surface area contributed by atoms with Gasteiger partial charge in [-0.25, -0.2) is 9.37 Å². The molecule has 0 bridgehead atoms. The van der Waals surface area contributed by atoms with Gasteiger partial charge in [0.05, 0.1) is 12.3 Å². The fraction of sp³-hybridized carbons (Fsp3) is 0.312. The molecule has 1 aromatic carbocycles. The first-order valence-electron chi connectivity index (χ1n) is 7.35. The minimum Gasteiger partial charge on any atom is -0.383 e. The zero-order valence-corrected chi connectivity index (χ0v) is 14.0. The van der Waals surface area contributed by atoms with Gasteiger partial charge in [0.1, 0.15) is 5.82 Å². The van der Waals surface area contributed by atoms with Crippen LogP contribution in [-0.2, 0) is 16.0 Å². The Morgan fingerprint density at radius 1 is 1.29 bits per heavy atom. The monoisotopic (exact) mass is 351 g/mol. The summed E-state index contributed by atoms with van der Waals surface area (Å²) in [4.78, 5) is 27.9. The van der Waals surface area contributed by atoms with Gasteiger partial charge in [0.25, 0.3) is 5.91 Å². The number of carbonyl (C=O) groups excluding carboxylic acids is 2. The zero-order valence-electron chi connectivity index (χ0n) is 13.2. The summed E-state index contributed by atoms with van der Waals surface area (Å²) in [6.45, 7) is 0.952. The number of hydrogen-bond acceptors (Lipinski definition) is 5. The highest BCUT2D eigenvalue weighted by atomic mass is 32.1. The molecule has 0 aliphatic rings. The molecule has 0 spiro atoms. The summed E-state index contributed by atoms with van der Waals surface area (Å²) in [5.74, 6) is -0.822. The summed E-state index contributed by atoms with van der Waals surface area (Å²) < 4.78 is 17.7. The van der Waals surface area contributed by atoms with Crippen LogP contribution in [0, 0.1) is 5.82 Å². The fourth-order valence-electron chi connectivity index (χ4n) is 1.87. The Labute approximate surface area is 143 Å². The van der Waals surface area contributed by atoms with E-state index in [9.17, 15) is 14.0 Å². The molecule has 24 heavy (non-hydrogen) atoms. The number of aromatic nitrogens is 1. The largest absolute Gasteiger partial charge is 0.383 e. The fourth-order valence-corrected chi connectivity index (χ4v) is 2.61. The Hall–Kier alpha value is -2.32. The number of benzene rings is 1. The minimum atomic E-state index is -0.396. The number of hydrogen-bond donors (Lipinski definition) is 2. The summed E-state index contributed by atoms with van der Waals surface area (Å²) in [7, 11) is 1.57. The van der Waals surface area contributed by atoms with Gasteiger partial charge in [-0.3, -0.25) is 14.9 Å². The predicted molar refractivity (Wildman–Crippen MR) is 89.7 cm³/mol. The topological polar surface area (TPSA) is 80.3 Å². The van der Waals surface area contributed by atoms with E-state index in [-0.39, 0.29) is 11.8 Å². The first-order valence-corrected chi connectivity index (χ1v) is 8.23. The molecule has 8 heteroatoms. The lowest BCUT2D eigenvalue weighted by molar-refractivity contribution is -0.121. The molecule has 0 radical (unpaired) electrons. The van der Waals surface area contributed by atoms with E-state index in [2.05, 4.69) is 15.6 Å². The van der Waals surface area contributed by atoms with Gasteiger partial charge in [0, 0.05) is 31.0 Å². The van der Waals surface area contributed by atoms with Gasteiger partial charge in [-0.15, -0.1) is 11.3 Å². The zero-order chi connectivity index (χ0) is 17.4. The Kier molecular flexibility index (Phi) is 6.83. The second-order valence-electron chi connectivity index (χ2n) is 4.95. The lowest BCUT2D eigenvalue weighted by Crippen LogP contribution is -2.27. The molecule has 0 saturated heterocycles. The van der Waals surface area contributed by atoms with Gasteiger partial charge in [-0.05, 0) is 30.7 Å². The Bertz CT molecular complexity index is 688. The number of rotatable bonds is 8. The average Bonchev–Trinajstić information content (AvgIpc) is 3.01. The number of nitrogens with zero attached hydrogens (tertiary/aromatic N) is 1. The molecule has 6 nitrogen and oxygen atoms in total. The smallest absolute Gasteiger partial charge is 0.257 e. The number of aryl methyl sites for hydroxylation is 1. The van der Waals surface area contributed by atoms with Crippen LogP contribution in [-0.4, -0.2) is 37.1 Å². The number of nitrogens with one attached hydrogen (secondary N) is 2. The number of halogens is 1. The molecule has 1 heterocycles. The highest BCUT2D eigenvalue weighted by molar-refractivity contribution is 7.14. The van der Waals surface area contributed by atoms with Gasteiger partial charge in [0.2, 0.25) is 5.91 Å². The third-order valence-electron chi connectivity index (χ3n) is 3.12. The highest BCUT2D eigenvalue weighted by Gasteiger charge is 2.10. The quantitative estimate of drug-likeness (QED) is 0.715. The van der Waals surface area contributed by atoms with Crippen molar-refractivity contribution in [2.75, 3.05) is 25.6 Å². The molecule has 0 fully saturated rings. The van der Waals surface area contributed by atoms with E-state index in [4.69, 9.17) is 4.74 Å². The summed E-state index contributed by atoms with van der Waals surface area (Å²) in [5, 5.41) is 7.62. The van der Waals surface area contributed by atoms with E-state index in [1.807, 2.05) is 0 Å². The normalized spacial score (nSPS) is 10.4. The maximum Gasteiger partial charge on any atom is 0.257 e. The molecule has 128 valence electrons.